The average Bonchev–Trinajstić information content (AvgIpc) is 2.28. The Bertz CT molecular complexity index is 200. The minimum absolute atomic E-state index is 0.0508. The van der Waals surface area contributed by atoms with Crippen LogP contribution in [-0.2, 0) is 4.74 Å². The van der Waals surface area contributed by atoms with Gasteiger partial charge < -0.3 is 30.3 Å². The molecule has 0 radical (unpaired) electrons. The quantitative estimate of drug-likeness (QED) is 0.349. The van der Waals surface area contributed by atoms with Gasteiger partial charge in [-0.1, -0.05) is 0 Å². The molecule has 0 bridgehead atoms. The number of hydrogen-bond donors (Lipinski definition) is 5. The van der Waals surface area contributed by atoms with Gasteiger partial charge in [-0.3, -0.25) is 4.39 Å². The highest BCUT2D eigenvalue weighted by Gasteiger charge is 2.48. The normalized spacial score (nSPS) is 44.6. The molecule has 0 aliphatic heterocycles. The van der Waals surface area contributed by atoms with Crippen molar-refractivity contribution in [3.05, 3.63) is 0 Å². The summed E-state index contributed by atoms with van der Waals surface area (Å²) in [6.45, 7) is -0.655. The molecule has 7 heteroatoms. The maximum atomic E-state index is 11.8. The Kier molecular flexibility index (Phi) is 5.03. The van der Waals surface area contributed by atoms with Gasteiger partial charge >= 0.3 is 0 Å². The van der Waals surface area contributed by atoms with Crippen molar-refractivity contribution in [1.82, 2.24) is 0 Å². The van der Waals surface area contributed by atoms with Crippen LogP contribution in [0.5, 0.6) is 0 Å². The lowest BCUT2D eigenvalue weighted by molar-refractivity contribution is -0.235. The minimum Gasteiger partial charge on any atom is -0.387 e. The van der Waals surface area contributed by atoms with E-state index in [1.54, 1.807) is 0 Å². The summed E-state index contributed by atoms with van der Waals surface area (Å²) in [6, 6.07) is 0. The molecule has 6 nitrogen and oxygen atoms in total. The molecule has 16 heavy (non-hydrogen) atoms. The lowest BCUT2D eigenvalue weighted by Gasteiger charge is -2.41. The Hall–Kier alpha value is -0.310. The summed E-state index contributed by atoms with van der Waals surface area (Å²) in [5.74, 6) is 0. The van der Waals surface area contributed by atoms with Gasteiger partial charge in [-0.25, -0.2) is 0 Å². The molecule has 0 aromatic heterocycles. The topological polar surface area (TPSA) is 110 Å². The molecule has 0 amide bonds. The van der Waals surface area contributed by atoms with Gasteiger partial charge in [0.15, 0.2) is 0 Å². The molecule has 6 atom stereocenters. The smallest absolute Gasteiger partial charge is 0.114 e. The van der Waals surface area contributed by atoms with Crippen molar-refractivity contribution in [2.75, 3.05) is 13.3 Å². The molecule has 1 aliphatic carbocycles. The van der Waals surface area contributed by atoms with Crippen LogP contribution in [0.3, 0.4) is 0 Å². The number of aliphatic hydroxyl groups excluding tert-OH is 5. The van der Waals surface area contributed by atoms with E-state index in [2.05, 4.69) is 0 Å². The highest BCUT2D eigenvalue weighted by atomic mass is 19.1. The van der Waals surface area contributed by atoms with E-state index in [4.69, 9.17) is 4.74 Å². The van der Waals surface area contributed by atoms with Crippen LogP contribution in [0.4, 0.5) is 4.39 Å². The maximum absolute atomic E-state index is 11.8. The largest absolute Gasteiger partial charge is 0.387 e. The van der Waals surface area contributed by atoms with E-state index >= 15 is 0 Å². The van der Waals surface area contributed by atoms with Crippen molar-refractivity contribution in [3.63, 3.8) is 0 Å². The summed E-state index contributed by atoms with van der Waals surface area (Å²) in [5, 5.41) is 46.9. The molecule has 0 heterocycles. The van der Waals surface area contributed by atoms with Crippen LogP contribution in [0.2, 0.25) is 0 Å². The van der Waals surface area contributed by atoms with Gasteiger partial charge in [0.25, 0.3) is 0 Å². The third-order valence-corrected chi connectivity index (χ3v) is 2.66. The number of halogens is 1. The zero-order chi connectivity index (χ0) is 12.3. The van der Waals surface area contributed by atoms with Crippen LogP contribution in [0, 0.1) is 0 Å². The van der Waals surface area contributed by atoms with Crippen molar-refractivity contribution in [2.45, 2.75) is 43.0 Å². The Morgan fingerprint density at radius 3 is 1.69 bits per heavy atom. The van der Waals surface area contributed by atoms with Crippen LogP contribution >= 0.6 is 0 Å². The lowest BCUT2D eigenvalue weighted by atomic mass is 9.85. The second-order valence-electron chi connectivity index (χ2n) is 3.83. The molecular weight excluding hydrogens is 223 g/mol. The van der Waals surface area contributed by atoms with Crippen molar-refractivity contribution >= 4 is 0 Å². The standard InChI is InChI=1S/C9H17FO6/c10-2-1-3-16-9-7(14)5(12)4(11)6(13)8(9)15/h4-9,11-15H,1-3H2/t4-,5?,6?,7+,8?,9-/m1/s1. The molecule has 1 fully saturated rings. The fourth-order valence-electron chi connectivity index (χ4n) is 1.67. The third-order valence-electron chi connectivity index (χ3n) is 2.66. The summed E-state index contributed by atoms with van der Waals surface area (Å²) >= 11 is 0. The molecular formula is C9H17FO6. The average molecular weight is 240 g/mol. The van der Waals surface area contributed by atoms with E-state index in [1.165, 1.54) is 0 Å². The molecule has 0 aromatic carbocycles. The van der Waals surface area contributed by atoms with Crippen LogP contribution in [-0.4, -0.2) is 75.4 Å². The van der Waals surface area contributed by atoms with E-state index in [1.807, 2.05) is 0 Å². The van der Waals surface area contributed by atoms with E-state index in [-0.39, 0.29) is 13.0 Å². The summed E-state index contributed by atoms with van der Waals surface area (Å²) < 4.78 is 16.8. The fourth-order valence-corrected chi connectivity index (χ4v) is 1.67. The van der Waals surface area contributed by atoms with Crippen LogP contribution in [0.15, 0.2) is 0 Å². The van der Waals surface area contributed by atoms with Crippen molar-refractivity contribution < 1.29 is 34.7 Å². The van der Waals surface area contributed by atoms with Gasteiger partial charge in [0.2, 0.25) is 0 Å². The molecule has 3 unspecified atom stereocenters. The zero-order valence-corrected chi connectivity index (χ0v) is 8.61. The number of rotatable bonds is 4. The molecule has 1 saturated carbocycles. The first-order valence-electron chi connectivity index (χ1n) is 5.08. The van der Waals surface area contributed by atoms with E-state index in [0.29, 0.717) is 0 Å². The molecule has 1 rings (SSSR count). The van der Waals surface area contributed by atoms with Crippen LogP contribution < -0.4 is 0 Å². The molecule has 0 aromatic rings. The van der Waals surface area contributed by atoms with E-state index in [9.17, 15) is 29.9 Å². The van der Waals surface area contributed by atoms with Crippen LogP contribution in [0.1, 0.15) is 6.42 Å². The number of hydrogen-bond acceptors (Lipinski definition) is 6. The van der Waals surface area contributed by atoms with Crippen molar-refractivity contribution in [1.29, 1.82) is 0 Å². The number of alkyl halides is 1. The van der Waals surface area contributed by atoms with Gasteiger partial charge in [-0.2, -0.15) is 0 Å². The van der Waals surface area contributed by atoms with Gasteiger partial charge in [0.05, 0.1) is 6.67 Å². The Balaban J connectivity index is 2.60. The number of aliphatic hydroxyl groups is 5. The van der Waals surface area contributed by atoms with Gasteiger partial charge in [-0.05, 0) is 6.42 Å². The first kappa shape index (κ1) is 13.8. The molecule has 0 saturated heterocycles. The van der Waals surface area contributed by atoms with Crippen LogP contribution in [0.25, 0.3) is 0 Å². The van der Waals surface area contributed by atoms with Gasteiger partial charge in [0, 0.05) is 6.61 Å². The van der Waals surface area contributed by atoms with Crippen molar-refractivity contribution in [3.8, 4) is 0 Å². The lowest BCUT2D eigenvalue weighted by Crippen LogP contribution is -2.64. The highest BCUT2D eigenvalue weighted by Crippen LogP contribution is 2.23. The summed E-state index contributed by atoms with van der Waals surface area (Å²) in [6.07, 6.45) is -9.03. The Morgan fingerprint density at radius 1 is 0.812 bits per heavy atom. The maximum Gasteiger partial charge on any atom is 0.114 e. The highest BCUT2D eigenvalue weighted by molar-refractivity contribution is 4.99. The number of ether oxygens (including phenoxy) is 1. The summed E-state index contributed by atoms with van der Waals surface area (Å²) in [4.78, 5) is 0. The zero-order valence-electron chi connectivity index (χ0n) is 8.61. The first-order chi connectivity index (χ1) is 7.50. The second kappa shape index (κ2) is 5.85. The Morgan fingerprint density at radius 2 is 1.25 bits per heavy atom. The fraction of sp³-hybridized carbons (Fsp3) is 1.00. The molecule has 96 valence electrons. The summed E-state index contributed by atoms with van der Waals surface area (Å²) in [7, 11) is 0. The predicted octanol–water partition coefficient (Wildman–Crippen LogP) is -2.45. The Labute approximate surface area is 91.9 Å². The van der Waals surface area contributed by atoms with Gasteiger partial charge in [0.1, 0.15) is 36.6 Å². The monoisotopic (exact) mass is 240 g/mol. The third kappa shape index (κ3) is 2.68. The predicted molar refractivity (Wildman–Crippen MR) is 50.4 cm³/mol. The van der Waals surface area contributed by atoms with Gasteiger partial charge in [-0.15, -0.1) is 0 Å². The van der Waals surface area contributed by atoms with Crippen molar-refractivity contribution in [2.24, 2.45) is 0 Å². The second-order valence-corrected chi connectivity index (χ2v) is 3.83. The summed E-state index contributed by atoms with van der Waals surface area (Å²) in [5.41, 5.74) is 0. The molecule has 1 aliphatic rings. The molecule has 0 spiro atoms. The minimum atomic E-state index is -1.63. The SMILES string of the molecule is OC1C(O)[C@H](OCCCF)[C@@H](O)C(O)[C@H]1O. The molecule has 5 N–H and O–H groups in total. The van der Waals surface area contributed by atoms with E-state index < -0.39 is 43.3 Å². The first-order valence-corrected chi connectivity index (χ1v) is 5.08. The van der Waals surface area contributed by atoms with E-state index in [0.717, 1.165) is 0 Å².